The van der Waals surface area contributed by atoms with Crippen LogP contribution < -0.4 is 10.0 Å². The molecule has 1 aromatic heterocycles. The quantitative estimate of drug-likeness (QED) is 0.711. The van der Waals surface area contributed by atoms with Gasteiger partial charge in [-0.1, -0.05) is 0 Å². The van der Waals surface area contributed by atoms with Gasteiger partial charge in [0.2, 0.25) is 11.8 Å². The summed E-state index contributed by atoms with van der Waals surface area (Å²) in [6.07, 6.45) is 0.161. The molecule has 0 saturated carbocycles. The summed E-state index contributed by atoms with van der Waals surface area (Å²) in [5.41, 5.74) is 1.06. The molecule has 0 radical (unpaired) electrons. The second-order valence-corrected chi connectivity index (χ2v) is 9.89. The Kier molecular flexibility index (Phi) is 6.57. The van der Waals surface area contributed by atoms with Gasteiger partial charge in [-0.2, -0.15) is 11.8 Å². The molecule has 1 aliphatic rings. The molecular weight excluding hydrogens is 420 g/mol. The maximum Gasteiger partial charge on any atom is 0.263 e. The predicted octanol–water partition coefficient (Wildman–Crippen LogP) is 2.02. The van der Waals surface area contributed by atoms with Gasteiger partial charge in [0.05, 0.1) is 17.0 Å². The lowest BCUT2D eigenvalue weighted by Crippen LogP contribution is -2.38. The Morgan fingerprint density at radius 1 is 1.18 bits per heavy atom. The van der Waals surface area contributed by atoms with Crippen LogP contribution in [0.15, 0.2) is 34.5 Å². The molecule has 2 aromatic rings. The minimum Gasteiger partial charge on any atom is -0.341 e. The number of rotatable bonds is 6. The van der Waals surface area contributed by atoms with E-state index in [1.807, 2.05) is 16.7 Å². The summed E-state index contributed by atoms with van der Waals surface area (Å²) in [5, 5.41) is 4.48. The number of hydrogen-bond donors (Lipinski definition) is 2. The molecular formula is C17H20N4O4S3. The van der Waals surface area contributed by atoms with Gasteiger partial charge in [-0.3, -0.25) is 14.3 Å². The van der Waals surface area contributed by atoms with Gasteiger partial charge in [-0.25, -0.2) is 13.4 Å². The van der Waals surface area contributed by atoms with Crippen molar-refractivity contribution in [2.24, 2.45) is 0 Å². The first kappa shape index (κ1) is 20.6. The number of benzene rings is 1. The lowest BCUT2D eigenvalue weighted by atomic mass is 10.3. The molecule has 28 heavy (non-hydrogen) atoms. The largest absolute Gasteiger partial charge is 0.341 e. The Morgan fingerprint density at radius 3 is 2.50 bits per heavy atom. The average Bonchev–Trinajstić information content (AvgIpc) is 3.08. The third-order valence-corrected chi connectivity index (χ3v) is 7.19. The summed E-state index contributed by atoms with van der Waals surface area (Å²) in [4.78, 5) is 29.4. The van der Waals surface area contributed by atoms with Crippen molar-refractivity contribution in [1.82, 2.24) is 9.88 Å². The summed E-state index contributed by atoms with van der Waals surface area (Å²) in [6.45, 7) is 2.85. The first-order valence-corrected chi connectivity index (χ1v) is 12.1. The van der Waals surface area contributed by atoms with Crippen LogP contribution in [-0.4, -0.2) is 54.7 Å². The number of nitrogens with zero attached hydrogens (tertiary/aromatic N) is 2. The molecule has 2 N–H and O–H groups in total. The van der Waals surface area contributed by atoms with E-state index in [2.05, 4.69) is 15.0 Å². The van der Waals surface area contributed by atoms with E-state index in [4.69, 9.17) is 0 Å². The fourth-order valence-electron chi connectivity index (χ4n) is 2.61. The molecule has 11 heteroatoms. The molecule has 0 aliphatic carbocycles. The summed E-state index contributed by atoms with van der Waals surface area (Å²) in [5.74, 6) is 1.65. The fraction of sp³-hybridized carbons (Fsp3) is 0.353. The summed E-state index contributed by atoms with van der Waals surface area (Å²) >= 11 is 2.97. The number of thiazole rings is 1. The molecule has 8 nitrogen and oxygen atoms in total. The van der Waals surface area contributed by atoms with Crippen molar-refractivity contribution in [2.45, 2.75) is 18.2 Å². The van der Waals surface area contributed by atoms with Crippen LogP contribution in [0.5, 0.6) is 0 Å². The standard InChI is InChI=1S/C17H20N4O4S3/c1-12(22)18-13-2-4-15(5-3-13)28(24,25)20-17-19-14(11-27-17)10-16(23)21-6-8-26-9-7-21/h2-5,11H,6-10H2,1H3,(H,18,22)(H,19,20). The number of aromatic nitrogens is 1. The second kappa shape index (κ2) is 8.93. The number of hydrogen-bond acceptors (Lipinski definition) is 7. The van der Waals surface area contributed by atoms with Crippen molar-refractivity contribution in [3.05, 3.63) is 35.3 Å². The van der Waals surface area contributed by atoms with Crippen LogP contribution in [-0.2, 0) is 26.0 Å². The number of anilines is 2. The monoisotopic (exact) mass is 440 g/mol. The molecule has 0 spiro atoms. The highest BCUT2D eigenvalue weighted by molar-refractivity contribution is 7.99. The molecule has 3 rings (SSSR count). The number of sulfonamides is 1. The summed E-state index contributed by atoms with van der Waals surface area (Å²) in [7, 11) is -3.81. The zero-order valence-electron chi connectivity index (χ0n) is 15.2. The first-order valence-electron chi connectivity index (χ1n) is 8.54. The minimum atomic E-state index is -3.81. The van der Waals surface area contributed by atoms with Gasteiger partial charge >= 0.3 is 0 Å². The zero-order valence-corrected chi connectivity index (χ0v) is 17.6. The average molecular weight is 441 g/mol. The van der Waals surface area contributed by atoms with Gasteiger partial charge in [0, 0.05) is 42.6 Å². The van der Waals surface area contributed by atoms with E-state index in [0.717, 1.165) is 35.9 Å². The Bertz CT molecular complexity index is 951. The van der Waals surface area contributed by atoms with Crippen LogP contribution in [0.1, 0.15) is 12.6 Å². The van der Waals surface area contributed by atoms with E-state index < -0.39 is 10.0 Å². The summed E-state index contributed by atoms with van der Waals surface area (Å²) < 4.78 is 27.4. The Hall–Kier alpha value is -2.11. The molecule has 0 bridgehead atoms. The lowest BCUT2D eigenvalue weighted by molar-refractivity contribution is -0.130. The molecule has 1 aliphatic heterocycles. The van der Waals surface area contributed by atoms with Crippen LogP contribution in [0.3, 0.4) is 0 Å². The Labute approximate surface area is 171 Å². The van der Waals surface area contributed by atoms with Gasteiger partial charge < -0.3 is 10.2 Å². The third-order valence-electron chi connectivity index (χ3n) is 3.95. The minimum absolute atomic E-state index is 0.00793. The van der Waals surface area contributed by atoms with Gasteiger partial charge in [-0.05, 0) is 24.3 Å². The van der Waals surface area contributed by atoms with E-state index in [0.29, 0.717) is 11.4 Å². The highest BCUT2D eigenvalue weighted by Gasteiger charge is 2.20. The third kappa shape index (κ3) is 5.46. The molecule has 2 heterocycles. The molecule has 150 valence electrons. The highest BCUT2D eigenvalue weighted by atomic mass is 32.2. The zero-order chi connectivity index (χ0) is 20.1. The van der Waals surface area contributed by atoms with Gasteiger partial charge in [0.25, 0.3) is 10.0 Å². The predicted molar refractivity (Wildman–Crippen MR) is 111 cm³/mol. The SMILES string of the molecule is CC(=O)Nc1ccc(S(=O)(=O)Nc2nc(CC(=O)N3CCSCC3)cs2)cc1. The Morgan fingerprint density at radius 2 is 1.86 bits per heavy atom. The normalized spacial score (nSPS) is 14.5. The molecule has 1 fully saturated rings. The topological polar surface area (TPSA) is 108 Å². The van der Waals surface area contributed by atoms with Crippen LogP contribution in [0.4, 0.5) is 10.8 Å². The van der Waals surface area contributed by atoms with E-state index in [-0.39, 0.29) is 28.3 Å². The van der Waals surface area contributed by atoms with Gasteiger partial charge in [-0.15, -0.1) is 11.3 Å². The number of amides is 2. The van der Waals surface area contributed by atoms with Crippen LogP contribution in [0, 0.1) is 0 Å². The first-order chi connectivity index (χ1) is 13.3. The molecule has 0 unspecified atom stereocenters. The molecule has 0 atom stereocenters. The Balaban J connectivity index is 1.63. The fourth-order valence-corrected chi connectivity index (χ4v) is 5.48. The highest BCUT2D eigenvalue weighted by Crippen LogP contribution is 2.22. The van der Waals surface area contributed by atoms with Crippen LogP contribution >= 0.6 is 23.1 Å². The van der Waals surface area contributed by atoms with Crippen molar-refractivity contribution >= 4 is 55.8 Å². The number of carbonyl (C=O) groups is 2. The van der Waals surface area contributed by atoms with Gasteiger partial charge in [0.1, 0.15) is 0 Å². The maximum atomic E-state index is 12.5. The number of carbonyl (C=O) groups excluding carboxylic acids is 2. The van der Waals surface area contributed by atoms with E-state index >= 15 is 0 Å². The molecule has 1 saturated heterocycles. The maximum absolute atomic E-state index is 12.5. The van der Waals surface area contributed by atoms with Crippen LogP contribution in [0.25, 0.3) is 0 Å². The van der Waals surface area contributed by atoms with Crippen molar-refractivity contribution in [3.63, 3.8) is 0 Å². The number of thioether (sulfide) groups is 1. The van der Waals surface area contributed by atoms with E-state index in [1.54, 1.807) is 5.38 Å². The van der Waals surface area contributed by atoms with Crippen LogP contribution in [0.2, 0.25) is 0 Å². The van der Waals surface area contributed by atoms with Crippen molar-refractivity contribution < 1.29 is 18.0 Å². The van der Waals surface area contributed by atoms with Crippen molar-refractivity contribution in [1.29, 1.82) is 0 Å². The van der Waals surface area contributed by atoms with Crippen molar-refractivity contribution in [2.75, 3.05) is 34.6 Å². The van der Waals surface area contributed by atoms with E-state index in [1.165, 1.54) is 31.2 Å². The molecule has 2 amide bonds. The lowest BCUT2D eigenvalue weighted by Gasteiger charge is -2.26. The van der Waals surface area contributed by atoms with Gasteiger partial charge in [0.15, 0.2) is 5.13 Å². The van der Waals surface area contributed by atoms with Crippen molar-refractivity contribution in [3.8, 4) is 0 Å². The van der Waals surface area contributed by atoms with E-state index in [9.17, 15) is 18.0 Å². The summed E-state index contributed by atoms with van der Waals surface area (Å²) in [6, 6.07) is 5.83. The second-order valence-electron chi connectivity index (χ2n) is 6.12. The smallest absolute Gasteiger partial charge is 0.263 e. The molecule has 1 aromatic carbocycles. The number of nitrogens with one attached hydrogen (secondary N) is 2.